The van der Waals surface area contributed by atoms with Gasteiger partial charge in [-0.1, -0.05) is 11.8 Å². The van der Waals surface area contributed by atoms with Crippen molar-refractivity contribution in [1.82, 2.24) is 24.7 Å². The quantitative estimate of drug-likeness (QED) is 0.413. The highest BCUT2D eigenvalue weighted by atomic mass is 32.2. The van der Waals surface area contributed by atoms with Crippen LogP contribution in [-0.4, -0.2) is 37.8 Å². The van der Waals surface area contributed by atoms with Gasteiger partial charge < -0.3 is 14.5 Å². The van der Waals surface area contributed by atoms with Gasteiger partial charge in [-0.05, 0) is 57.5 Å². The number of thiophene rings is 1. The van der Waals surface area contributed by atoms with Crippen LogP contribution in [0.25, 0.3) is 21.6 Å². The molecule has 4 aromatic rings. The number of nitrogens with zero attached hydrogens (tertiary/aromatic N) is 5. The summed E-state index contributed by atoms with van der Waals surface area (Å²) in [5.74, 6) is 1.99. The van der Waals surface area contributed by atoms with Gasteiger partial charge in [-0.25, -0.2) is 4.98 Å². The Hall–Kier alpha value is -2.65. The van der Waals surface area contributed by atoms with Crippen LogP contribution in [0.3, 0.4) is 0 Å². The summed E-state index contributed by atoms with van der Waals surface area (Å²) in [5, 5.41) is 10.2. The largest absolute Gasteiger partial charge is 0.372 e. The summed E-state index contributed by atoms with van der Waals surface area (Å²) >= 11 is 3.07. The number of fused-ring (bicyclic) bond motifs is 1. The van der Waals surface area contributed by atoms with E-state index in [0.29, 0.717) is 17.0 Å². The van der Waals surface area contributed by atoms with E-state index in [-0.39, 0.29) is 5.56 Å². The first-order chi connectivity index (χ1) is 14.9. The normalized spacial score (nSPS) is 11.4. The second-order valence-electron chi connectivity index (χ2n) is 7.35. The van der Waals surface area contributed by atoms with Crippen LogP contribution >= 0.6 is 23.1 Å². The Labute approximate surface area is 189 Å². The summed E-state index contributed by atoms with van der Waals surface area (Å²) in [6.07, 6.45) is 0. The van der Waals surface area contributed by atoms with Gasteiger partial charge >= 0.3 is 0 Å². The van der Waals surface area contributed by atoms with Crippen molar-refractivity contribution in [1.29, 1.82) is 0 Å². The van der Waals surface area contributed by atoms with E-state index < -0.39 is 0 Å². The molecule has 1 N–H and O–H groups in total. The minimum absolute atomic E-state index is 0.0746. The Balaban J connectivity index is 1.53. The molecule has 3 aromatic heterocycles. The molecule has 31 heavy (non-hydrogen) atoms. The molecule has 4 rings (SSSR count). The molecule has 0 unspecified atom stereocenters. The van der Waals surface area contributed by atoms with Crippen LogP contribution in [0.1, 0.15) is 30.1 Å². The molecule has 1 aromatic carbocycles. The molecule has 3 heterocycles. The van der Waals surface area contributed by atoms with E-state index in [2.05, 4.69) is 63.2 Å². The van der Waals surface area contributed by atoms with Crippen molar-refractivity contribution in [2.45, 2.75) is 38.6 Å². The number of aromatic nitrogens is 5. The highest BCUT2D eigenvalue weighted by molar-refractivity contribution is 7.98. The number of benzene rings is 1. The second-order valence-corrected chi connectivity index (χ2v) is 9.49. The molecule has 0 aliphatic carbocycles. The van der Waals surface area contributed by atoms with Crippen LogP contribution in [0.4, 0.5) is 5.69 Å². The van der Waals surface area contributed by atoms with E-state index in [1.807, 2.05) is 25.5 Å². The fraction of sp³-hybridized carbons (Fsp3) is 0.364. The summed E-state index contributed by atoms with van der Waals surface area (Å²) in [5.41, 5.74) is 3.16. The van der Waals surface area contributed by atoms with Gasteiger partial charge in [-0.15, -0.1) is 21.5 Å². The number of hydrogen-bond donors (Lipinski definition) is 1. The molecule has 0 saturated heterocycles. The summed E-state index contributed by atoms with van der Waals surface area (Å²) in [6.45, 7) is 10.3. The molecule has 0 atom stereocenters. The number of aryl methyl sites for hydroxylation is 2. The van der Waals surface area contributed by atoms with Crippen LogP contribution in [-0.2, 0) is 12.8 Å². The van der Waals surface area contributed by atoms with Crippen LogP contribution in [0.15, 0.2) is 34.2 Å². The first kappa shape index (κ1) is 21.6. The van der Waals surface area contributed by atoms with E-state index >= 15 is 0 Å². The molecule has 9 heteroatoms. The van der Waals surface area contributed by atoms with Crippen molar-refractivity contribution < 1.29 is 0 Å². The maximum absolute atomic E-state index is 12.5. The van der Waals surface area contributed by atoms with Crippen molar-refractivity contribution >= 4 is 39.0 Å². The van der Waals surface area contributed by atoms with Gasteiger partial charge in [-0.2, -0.15) is 0 Å². The zero-order valence-electron chi connectivity index (χ0n) is 18.4. The molecule has 0 amide bonds. The zero-order chi connectivity index (χ0) is 22.1. The number of thioether (sulfide) groups is 1. The van der Waals surface area contributed by atoms with Gasteiger partial charge in [-0.3, -0.25) is 4.79 Å². The standard InChI is InChI=1S/C22H26N6OS2/c1-6-28(7-2)16-10-8-15(9-11-16)19-25-26-22(27(19)5)30-12-17-23-20(29)18-13(3)14(4)31-21(18)24-17/h8-11H,6-7,12H2,1-5H3,(H,23,24,29). The number of hydrogen-bond acceptors (Lipinski definition) is 7. The van der Waals surface area contributed by atoms with Crippen LogP contribution in [0.5, 0.6) is 0 Å². The Morgan fingerprint density at radius 2 is 1.84 bits per heavy atom. The molecule has 0 spiro atoms. The fourth-order valence-corrected chi connectivity index (χ4v) is 5.43. The summed E-state index contributed by atoms with van der Waals surface area (Å²) < 4.78 is 1.98. The fourth-order valence-electron chi connectivity index (χ4n) is 3.60. The van der Waals surface area contributed by atoms with E-state index in [4.69, 9.17) is 0 Å². The highest BCUT2D eigenvalue weighted by Gasteiger charge is 2.15. The lowest BCUT2D eigenvalue weighted by Gasteiger charge is -2.21. The first-order valence-corrected chi connectivity index (χ1v) is 12.1. The average molecular weight is 455 g/mol. The summed E-state index contributed by atoms with van der Waals surface area (Å²) in [6, 6.07) is 8.42. The average Bonchev–Trinajstić information content (AvgIpc) is 3.27. The smallest absolute Gasteiger partial charge is 0.259 e. The Morgan fingerprint density at radius 1 is 1.13 bits per heavy atom. The molecular formula is C22H26N6OS2. The van der Waals surface area contributed by atoms with Gasteiger partial charge in [0.05, 0.1) is 11.1 Å². The van der Waals surface area contributed by atoms with Crippen molar-refractivity contribution in [3.63, 3.8) is 0 Å². The van der Waals surface area contributed by atoms with Crippen LogP contribution in [0, 0.1) is 13.8 Å². The van der Waals surface area contributed by atoms with Gasteiger partial charge in [0.15, 0.2) is 11.0 Å². The zero-order valence-corrected chi connectivity index (χ0v) is 20.0. The Morgan fingerprint density at radius 3 is 2.52 bits per heavy atom. The molecule has 0 saturated carbocycles. The van der Waals surface area contributed by atoms with E-state index in [1.165, 1.54) is 17.4 Å². The van der Waals surface area contributed by atoms with Gasteiger partial charge in [0.2, 0.25) is 0 Å². The van der Waals surface area contributed by atoms with Gasteiger partial charge in [0.1, 0.15) is 10.7 Å². The Bertz CT molecular complexity index is 1270. The van der Waals surface area contributed by atoms with Gasteiger partial charge in [0, 0.05) is 36.3 Å². The predicted molar refractivity (Wildman–Crippen MR) is 129 cm³/mol. The number of nitrogens with one attached hydrogen (secondary N) is 1. The third-order valence-corrected chi connectivity index (χ3v) is 7.65. The second kappa shape index (κ2) is 8.84. The van der Waals surface area contributed by atoms with Crippen LogP contribution in [0.2, 0.25) is 0 Å². The molecule has 0 fully saturated rings. The van der Waals surface area contributed by atoms with Crippen molar-refractivity contribution in [3.05, 3.63) is 50.9 Å². The third kappa shape index (κ3) is 4.12. The van der Waals surface area contributed by atoms with Crippen molar-refractivity contribution in [3.8, 4) is 11.4 Å². The molecule has 7 nitrogen and oxygen atoms in total. The maximum Gasteiger partial charge on any atom is 0.259 e. The van der Waals surface area contributed by atoms with E-state index in [0.717, 1.165) is 44.9 Å². The highest BCUT2D eigenvalue weighted by Crippen LogP contribution is 2.28. The van der Waals surface area contributed by atoms with E-state index in [9.17, 15) is 4.79 Å². The predicted octanol–water partition coefficient (Wildman–Crippen LogP) is 4.54. The lowest BCUT2D eigenvalue weighted by Crippen LogP contribution is -2.21. The summed E-state index contributed by atoms with van der Waals surface area (Å²) in [4.78, 5) is 24.3. The van der Waals surface area contributed by atoms with Gasteiger partial charge in [0.25, 0.3) is 5.56 Å². The lowest BCUT2D eigenvalue weighted by molar-refractivity contribution is 0.793. The first-order valence-electron chi connectivity index (χ1n) is 10.3. The number of anilines is 1. The molecule has 162 valence electrons. The topological polar surface area (TPSA) is 79.7 Å². The molecular weight excluding hydrogens is 428 g/mol. The molecule has 0 radical (unpaired) electrons. The minimum atomic E-state index is -0.0746. The molecule has 0 bridgehead atoms. The van der Waals surface area contributed by atoms with Crippen molar-refractivity contribution in [2.24, 2.45) is 7.05 Å². The minimum Gasteiger partial charge on any atom is -0.372 e. The third-order valence-electron chi connectivity index (χ3n) is 5.52. The molecule has 0 aliphatic heterocycles. The summed E-state index contributed by atoms with van der Waals surface area (Å²) in [7, 11) is 1.96. The number of aromatic amines is 1. The lowest BCUT2D eigenvalue weighted by atomic mass is 10.2. The number of rotatable bonds is 7. The molecule has 0 aliphatic rings. The maximum atomic E-state index is 12.5. The van der Waals surface area contributed by atoms with Crippen LogP contribution < -0.4 is 10.5 Å². The monoisotopic (exact) mass is 454 g/mol. The SMILES string of the molecule is CCN(CC)c1ccc(-c2nnc(SCc3nc4sc(C)c(C)c4c(=O)[nH]3)n2C)cc1. The number of H-pyrrole nitrogens is 1. The Kier molecular flexibility index (Phi) is 6.15. The van der Waals surface area contributed by atoms with E-state index in [1.54, 1.807) is 11.3 Å². The van der Waals surface area contributed by atoms with Crippen molar-refractivity contribution in [2.75, 3.05) is 18.0 Å².